The molecular weight excluding hydrogens is 298 g/mol. The lowest BCUT2D eigenvalue weighted by Gasteiger charge is -2.16. The van der Waals surface area contributed by atoms with E-state index in [2.05, 4.69) is 26.6 Å². The minimum atomic E-state index is -3.12. The molecule has 1 heterocycles. The summed E-state index contributed by atoms with van der Waals surface area (Å²) in [5, 5.41) is 0. The summed E-state index contributed by atoms with van der Waals surface area (Å²) in [6.07, 6.45) is 1.97. The third kappa shape index (κ3) is 4.17. The summed E-state index contributed by atoms with van der Waals surface area (Å²) in [6.45, 7) is 8.79. The zero-order chi connectivity index (χ0) is 15.7. The first-order chi connectivity index (χ1) is 9.76. The van der Waals surface area contributed by atoms with Gasteiger partial charge in [0.15, 0.2) is 0 Å². The van der Waals surface area contributed by atoms with Gasteiger partial charge in [-0.05, 0) is 18.0 Å². The van der Waals surface area contributed by atoms with Crippen LogP contribution in [0.25, 0.3) is 0 Å². The van der Waals surface area contributed by atoms with Gasteiger partial charge in [-0.15, -0.1) is 0 Å². The first kappa shape index (κ1) is 16.7. The Kier molecular flexibility index (Phi) is 4.95. The van der Waals surface area contributed by atoms with E-state index in [4.69, 9.17) is 0 Å². The van der Waals surface area contributed by atoms with E-state index in [1.807, 2.05) is 30.3 Å². The number of hydrogen-bond acceptors (Lipinski definition) is 2. The number of nitrogens with zero attached hydrogens (tertiary/aromatic N) is 1. The van der Waals surface area contributed by atoms with Crippen LogP contribution in [0.3, 0.4) is 0 Å². The largest absolute Gasteiger partial charge is 0.214 e. The van der Waals surface area contributed by atoms with Crippen molar-refractivity contribution in [3.8, 4) is 0 Å². The van der Waals surface area contributed by atoms with E-state index in [0.717, 1.165) is 24.4 Å². The van der Waals surface area contributed by atoms with E-state index < -0.39 is 18.1 Å². The summed E-state index contributed by atoms with van der Waals surface area (Å²) >= 11 is 0. The van der Waals surface area contributed by atoms with Gasteiger partial charge < -0.3 is 0 Å². The summed E-state index contributed by atoms with van der Waals surface area (Å²) in [4.78, 5) is 0. The SMILES string of the molecule is CCC[C@@H]1[C@@H](c2ccccc2)N1S(=O)(=O)CC[Si](C)(C)C. The first-order valence-corrected chi connectivity index (χ1v) is 13.1. The van der Waals surface area contributed by atoms with Crippen molar-refractivity contribution in [2.45, 2.75) is 57.5 Å². The highest BCUT2D eigenvalue weighted by atomic mass is 32.2. The van der Waals surface area contributed by atoms with Crippen molar-refractivity contribution < 1.29 is 8.42 Å². The summed E-state index contributed by atoms with van der Waals surface area (Å²) in [6, 6.07) is 11.1. The normalized spacial score (nSPS) is 25.8. The molecule has 1 aromatic carbocycles. The van der Waals surface area contributed by atoms with Gasteiger partial charge in [0.25, 0.3) is 0 Å². The maximum atomic E-state index is 12.7. The Bertz CT molecular complexity index is 566. The number of hydrogen-bond donors (Lipinski definition) is 0. The third-order valence-corrected chi connectivity index (χ3v) is 8.01. The molecule has 5 heteroatoms. The zero-order valence-corrected chi connectivity index (χ0v) is 15.4. The fourth-order valence-electron chi connectivity index (χ4n) is 2.78. The monoisotopic (exact) mass is 325 g/mol. The Morgan fingerprint density at radius 1 is 1.14 bits per heavy atom. The van der Waals surface area contributed by atoms with Gasteiger partial charge in [-0.1, -0.05) is 63.3 Å². The second kappa shape index (κ2) is 6.22. The number of benzene rings is 1. The molecule has 1 aliphatic rings. The van der Waals surface area contributed by atoms with Crippen molar-refractivity contribution in [2.24, 2.45) is 0 Å². The van der Waals surface area contributed by atoms with Gasteiger partial charge in [0.05, 0.1) is 11.8 Å². The maximum absolute atomic E-state index is 12.7. The summed E-state index contributed by atoms with van der Waals surface area (Å²) in [7, 11) is -4.45. The van der Waals surface area contributed by atoms with E-state index >= 15 is 0 Å². The standard InChI is InChI=1S/C16H27NO2SSi/c1-5-9-15-16(14-10-7-6-8-11-14)17(15)20(18,19)12-13-21(2,3)4/h6-8,10-11,15-16H,5,9,12-13H2,1-4H3/t15-,16-,17?/m1/s1. The van der Waals surface area contributed by atoms with Crippen LogP contribution in [-0.2, 0) is 10.0 Å². The molecule has 21 heavy (non-hydrogen) atoms. The molecule has 0 bridgehead atoms. The van der Waals surface area contributed by atoms with Crippen LogP contribution in [0.1, 0.15) is 31.4 Å². The molecule has 118 valence electrons. The second-order valence-corrected chi connectivity index (χ2v) is 14.8. The third-order valence-electron chi connectivity index (χ3n) is 4.03. The Morgan fingerprint density at radius 2 is 1.76 bits per heavy atom. The van der Waals surface area contributed by atoms with E-state index in [1.54, 1.807) is 4.31 Å². The fraction of sp³-hybridized carbons (Fsp3) is 0.625. The van der Waals surface area contributed by atoms with E-state index in [-0.39, 0.29) is 12.1 Å². The molecule has 0 aromatic heterocycles. The van der Waals surface area contributed by atoms with Crippen molar-refractivity contribution >= 4 is 18.1 Å². The predicted octanol–water partition coefficient (Wildman–Crippen LogP) is 3.88. The van der Waals surface area contributed by atoms with Crippen molar-refractivity contribution in [1.82, 2.24) is 4.31 Å². The Balaban J connectivity index is 2.14. The highest BCUT2D eigenvalue weighted by Gasteiger charge is 2.54. The lowest BCUT2D eigenvalue weighted by atomic mass is 10.1. The van der Waals surface area contributed by atoms with Crippen LogP contribution < -0.4 is 0 Å². The van der Waals surface area contributed by atoms with Crippen LogP contribution in [0.5, 0.6) is 0 Å². The molecular formula is C16H27NO2SSi. The molecule has 3 atom stereocenters. The average Bonchev–Trinajstić information content (AvgIpc) is 3.13. The Hall–Kier alpha value is -0.653. The first-order valence-electron chi connectivity index (χ1n) is 7.82. The van der Waals surface area contributed by atoms with Gasteiger partial charge in [-0.3, -0.25) is 0 Å². The predicted molar refractivity (Wildman–Crippen MR) is 91.7 cm³/mol. The lowest BCUT2D eigenvalue weighted by Crippen LogP contribution is -2.27. The molecule has 0 spiro atoms. The molecule has 1 aliphatic heterocycles. The molecule has 1 fully saturated rings. The van der Waals surface area contributed by atoms with Crippen LogP contribution in [0.15, 0.2) is 30.3 Å². The number of rotatable bonds is 7. The van der Waals surface area contributed by atoms with Crippen LogP contribution in [-0.4, -0.2) is 32.6 Å². The molecule has 0 radical (unpaired) electrons. The molecule has 0 amide bonds. The van der Waals surface area contributed by atoms with Gasteiger partial charge in [0.2, 0.25) is 10.0 Å². The van der Waals surface area contributed by atoms with Gasteiger partial charge in [0, 0.05) is 14.1 Å². The molecule has 1 aromatic rings. The van der Waals surface area contributed by atoms with Gasteiger partial charge >= 0.3 is 0 Å². The van der Waals surface area contributed by atoms with Crippen LogP contribution in [0.4, 0.5) is 0 Å². The van der Waals surface area contributed by atoms with Gasteiger partial charge in [-0.2, -0.15) is 4.31 Å². The smallest absolute Gasteiger partial charge is 0.212 e. The topological polar surface area (TPSA) is 37.1 Å². The molecule has 3 nitrogen and oxygen atoms in total. The highest BCUT2D eigenvalue weighted by Crippen LogP contribution is 2.48. The van der Waals surface area contributed by atoms with E-state index in [0.29, 0.717) is 5.75 Å². The molecule has 1 unspecified atom stereocenters. The molecule has 0 N–H and O–H groups in total. The molecule has 0 aliphatic carbocycles. The van der Waals surface area contributed by atoms with E-state index in [9.17, 15) is 8.42 Å². The van der Waals surface area contributed by atoms with Crippen LogP contribution in [0, 0.1) is 0 Å². The van der Waals surface area contributed by atoms with Crippen molar-refractivity contribution in [2.75, 3.05) is 5.75 Å². The summed E-state index contributed by atoms with van der Waals surface area (Å²) < 4.78 is 27.1. The van der Waals surface area contributed by atoms with Gasteiger partial charge in [-0.25, -0.2) is 8.42 Å². The summed E-state index contributed by atoms with van der Waals surface area (Å²) in [5.41, 5.74) is 1.13. The minimum absolute atomic E-state index is 0.0674. The zero-order valence-electron chi connectivity index (χ0n) is 13.5. The lowest BCUT2D eigenvalue weighted by molar-refractivity contribution is 0.542. The van der Waals surface area contributed by atoms with Crippen LogP contribution >= 0.6 is 0 Å². The number of sulfonamides is 1. The Labute approximate surface area is 130 Å². The molecule has 1 saturated heterocycles. The fourth-order valence-corrected chi connectivity index (χ4v) is 7.66. The van der Waals surface area contributed by atoms with Crippen molar-refractivity contribution in [3.05, 3.63) is 35.9 Å². The van der Waals surface area contributed by atoms with Gasteiger partial charge in [0.1, 0.15) is 0 Å². The average molecular weight is 326 g/mol. The molecule has 0 saturated carbocycles. The van der Waals surface area contributed by atoms with Crippen LogP contribution in [0.2, 0.25) is 25.7 Å². The maximum Gasteiger partial charge on any atom is 0.214 e. The highest BCUT2D eigenvalue weighted by molar-refractivity contribution is 7.89. The van der Waals surface area contributed by atoms with E-state index in [1.165, 1.54) is 0 Å². The molecule has 2 rings (SSSR count). The minimum Gasteiger partial charge on any atom is -0.212 e. The summed E-state index contributed by atoms with van der Waals surface area (Å²) in [5.74, 6) is 0.312. The van der Waals surface area contributed by atoms with Crippen molar-refractivity contribution in [3.63, 3.8) is 0 Å². The second-order valence-electron chi connectivity index (χ2n) is 7.17. The quantitative estimate of drug-likeness (QED) is 0.563. The Morgan fingerprint density at radius 3 is 2.29 bits per heavy atom. The van der Waals surface area contributed by atoms with Crippen molar-refractivity contribution in [1.29, 1.82) is 0 Å².